The number of rotatable bonds is 6. The molecule has 0 aliphatic heterocycles. The van der Waals surface area contributed by atoms with Gasteiger partial charge in [-0.25, -0.2) is 13.6 Å². The first kappa shape index (κ1) is 14.0. The number of ether oxygens (including phenoxy) is 1. The van der Waals surface area contributed by atoms with E-state index in [2.05, 4.69) is 4.90 Å². The first-order valence-electron chi connectivity index (χ1n) is 5.30. The molecule has 0 bridgehead atoms. The minimum absolute atomic E-state index is 0.0955. The van der Waals surface area contributed by atoms with Gasteiger partial charge in [0.15, 0.2) is 0 Å². The smallest absolute Gasteiger partial charge is 0.238 e. The van der Waals surface area contributed by atoms with E-state index in [1.54, 1.807) is 12.1 Å². The van der Waals surface area contributed by atoms with Crippen LogP contribution < -0.4 is 9.88 Å². The second-order valence-corrected chi connectivity index (χ2v) is 5.58. The van der Waals surface area contributed by atoms with Crippen LogP contribution in [0, 0.1) is 0 Å². The zero-order chi connectivity index (χ0) is 12.9. The molecule has 0 atom stereocenters. The summed E-state index contributed by atoms with van der Waals surface area (Å²) in [6.45, 7) is 1.56. The van der Waals surface area contributed by atoms with Gasteiger partial charge in [-0.1, -0.05) is 0 Å². The molecule has 0 unspecified atom stereocenters. The Labute approximate surface area is 102 Å². The number of nitrogens with zero attached hydrogens (tertiary/aromatic N) is 1. The van der Waals surface area contributed by atoms with E-state index in [4.69, 9.17) is 9.88 Å². The van der Waals surface area contributed by atoms with Crippen LogP contribution in [-0.2, 0) is 10.0 Å². The predicted molar refractivity (Wildman–Crippen MR) is 66.5 cm³/mol. The Balaban J connectivity index is 2.46. The Morgan fingerprint density at radius 2 is 1.82 bits per heavy atom. The second kappa shape index (κ2) is 6.00. The fraction of sp³-hybridized carbons (Fsp3) is 0.455. The van der Waals surface area contributed by atoms with E-state index in [1.165, 1.54) is 12.1 Å². The molecular weight excluding hydrogens is 240 g/mol. The van der Waals surface area contributed by atoms with Crippen molar-refractivity contribution in [1.82, 2.24) is 4.90 Å². The van der Waals surface area contributed by atoms with Gasteiger partial charge in [0.25, 0.3) is 0 Å². The van der Waals surface area contributed by atoms with Crippen LogP contribution in [-0.4, -0.2) is 40.6 Å². The number of benzene rings is 1. The number of primary sulfonamides is 1. The molecule has 2 N–H and O–H groups in total. The Morgan fingerprint density at radius 1 is 1.24 bits per heavy atom. The molecule has 0 fully saturated rings. The van der Waals surface area contributed by atoms with Crippen molar-refractivity contribution >= 4 is 10.0 Å². The van der Waals surface area contributed by atoms with Crippen LogP contribution >= 0.6 is 0 Å². The summed E-state index contributed by atoms with van der Waals surface area (Å²) in [4.78, 5) is 2.17. The van der Waals surface area contributed by atoms with Crippen molar-refractivity contribution in [3.63, 3.8) is 0 Å². The molecule has 96 valence electrons. The molecule has 5 nitrogen and oxygen atoms in total. The maximum Gasteiger partial charge on any atom is 0.238 e. The van der Waals surface area contributed by atoms with Gasteiger partial charge in [-0.05, 0) is 44.8 Å². The SMILES string of the molecule is CN(C)CCCOc1ccc(S(N)(=O)=O)cc1. The maximum atomic E-state index is 11.0. The van der Waals surface area contributed by atoms with Gasteiger partial charge in [-0.3, -0.25) is 0 Å². The van der Waals surface area contributed by atoms with Crippen LogP contribution in [0.2, 0.25) is 0 Å². The average Bonchev–Trinajstić information content (AvgIpc) is 2.23. The first-order chi connectivity index (χ1) is 7.89. The Hall–Kier alpha value is -1.11. The molecular formula is C11H18N2O3S. The Kier molecular flexibility index (Phi) is 4.92. The van der Waals surface area contributed by atoms with E-state index in [-0.39, 0.29) is 4.90 Å². The Bertz CT molecular complexity index is 440. The van der Waals surface area contributed by atoms with Gasteiger partial charge in [0.2, 0.25) is 10.0 Å². The van der Waals surface area contributed by atoms with E-state index < -0.39 is 10.0 Å². The van der Waals surface area contributed by atoms with Crippen LogP contribution in [0.25, 0.3) is 0 Å². The van der Waals surface area contributed by atoms with Crippen LogP contribution in [0.3, 0.4) is 0 Å². The van der Waals surface area contributed by atoms with Gasteiger partial charge in [0.05, 0.1) is 11.5 Å². The monoisotopic (exact) mass is 258 g/mol. The van der Waals surface area contributed by atoms with E-state index >= 15 is 0 Å². The fourth-order valence-electron chi connectivity index (χ4n) is 1.30. The number of nitrogens with two attached hydrogens (primary N) is 1. The maximum absolute atomic E-state index is 11.0. The third kappa shape index (κ3) is 5.16. The molecule has 1 aromatic rings. The molecule has 0 radical (unpaired) electrons. The predicted octanol–water partition coefficient (Wildman–Crippen LogP) is 0.664. The number of hydrogen-bond donors (Lipinski definition) is 1. The summed E-state index contributed by atoms with van der Waals surface area (Å²) < 4.78 is 27.5. The highest BCUT2D eigenvalue weighted by molar-refractivity contribution is 7.89. The molecule has 0 aliphatic carbocycles. The molecule has 0 saturated carbocycles. The third-order valence-electron chi connectivity index (χ3n) is 2.17. The van der Waals surface area contributed by atoms with Crippen molar-refractivity contribution < 1.29 is 13.2 Å². The van der Waals surface area contributed by atoms with Crippen LogP contribution in [0.1, 0.15) is 6.42 Å². The lowest BCUT2D eigenvalue weighted by molar-refractivity contribution is 0.281. The Morgan fingerprint density at radius 3 is 2.29 bits per heavy atom. The van der Waals surface area contributed by atoms with E-state index in [0.29, 0.717) is 12.4 Å². The van der Waals surface area contributed by atoms with Gasteiger partial charge in [0.1, 0.15) is 5.75 Å². The first-order valence-corrected chi connectivity index (χ1v) is 6.84. The van der Waals surface area contributed by atoms with Crippen LogP contribution in [0.5, 0.6) is 5.75 Å². The van der Waals surface area contributed by atoms with Crippen molar-refractivity contribution in [1.29, 1.82) is 0 Å². The zero-order valence-corrected chi connectivity index (χ0v) is 10.9. The average molecular weight is 258 g/mol. The lowest BCUT2D eigenvalue weighted by Crippen LogP contribution is -2.15. The topological polar surface area (TPSA) is 72.6 Å². The van der Waals surface area contributed by atoms with Gasteiger partial charge < -0.3 is 9.64 Å². The molecule has 0 saturated heterocycles. The van der Waals surface area contributed by atoms with Gasteiger partial charge >= 0.3 is 0 Å². The summed E-state index contributed by atoms with van der Waals surface area (Å²) in [6, 6.07) is 6.10. The van der Waals surface area contributed by atoms with Crippen molar-refractivity contribution in [2.45, 2.75) is 11.3 Å². The molecule has 1 rings (SSSR count). The highest BCUT2D eigenvalue weighted by atomic mass is 32.2. The van der Waals surface area contributed by atoms with Crippen molar-refractivity contribution in [2.24, 2.45) is 5.14 Å². The molecule has 0 aromatic heterocycles. The van der Waals surface area contributed by atoms with Gasteiger partial charge in [0, 0.05) is 6.54 Å². The summed E-state index contributed by atoms with van der Waals surface area (Å²) in [5.41, 5.74) is 0. The largest absolute Gasteiger partial charge is 0.494 e. The van der Waals surface area contributed by atoms with Crippen molar-refractivity contribution in [2.75, 3.05) is 27.2 Å². The highest BCUT2D eigenvalue weighted by Gasteiger charge is 2.06. The van der Waals surface area contributed by atoms with E-state index in [1.807, 2.05) is 14.1 Å². The summed E-state index contributed by atoms with van der Waals surface area (Å²) in [5.74, 6) is 0.649. The van der Waals surface area contributed by atoms with Crippen LogP contribution in [0.15, 0.2) is 29.2 Å². The molecule has 0 heterocycles. The molecule has 17 heavy (non-hydrogen) atoms. The molecule has 0 amide bonds. The normalized spacial score (nSPS) is 11.8. The minimum Gasteiger partial charge on any atom is -0.494 e. The zero-order valence-electron chi connectivity index (χ0n) is 10.1. The standard InChI is InChI=1S/C11H18N2O3S/c1-13(2)8-3-9-16-10-4-6-11(7-5-10)17(12,14)15/h4-7H,3,8-9H2,1-2H3,(H2,12,14,15). The quantitative estimate of drug-likeness (QED) is 0.761. The van der Waals surface area contributed by atoms with Gasteiger partial charge in [-0.2, -0.15) is 0 Å². The lowest BCUT2D eigenvalue weighted by atomic mass is 10.3. The van der Waals surface area contributed by atoms with E-state index in [9.17, 15) is 8.42 Å². The summed E-state index contributed by atoms with van der Waals surface area (Å²) in [6.07, 6.45) is 0.921. The number of hydrogen-bond acceptors (Lipinski definition) is 4. The summed E-state index contributed by atoms with van der Waals surface area (Å²) in [7, 11) is 0.384. The molecule has 1 aromatic carbocycles. The second-order valence-electron chi connectivity index (χ2n) is 4.02. The fourth-order valence-corrected chi connectivity index (χ4v) is 1.81. The third-order valence-corrected chi connectivity index (χ3v) is 3.10. The summed E-state index contributed by atoms with van der Waals surface area (Å²) in [5, 5.41) is 4.99. The van der Waals surface area contributed by atoms with Crippen molar-refractivity contribution in [3.8, 4) is 5.75 Å². The minimum atomic E-state index is -3.62. The lowest BCUT2D eigenvalue weighted by Gasteiger charge is -2.10. The number of sulfonamides is 1. The molecule has 0 aliphatic rings. The highest BCUT2D eigenvalue weighted by Crippen LogP contribution is 2.14. The van der Waals surface area contributed by atoms with Crippen molar-refractivity contribution in [3.05, 3.63) is 24.3 Å². The summed E-state index contributed by atoms with van der Waals surface area (Å²) >= 11 is 0. The molecule has 0 spiro atoms. The van der Waals surface area contributed by atoms with Gasteiger partial charge in [-0.15, -0.1) is 0 Å². The van der Waals surface area contributed by atoms with E-state index in [0.717, 1.165) is 13.0 Å². The molecule has 6 heteroatoms. The van der Waals surface area contributed by atoms with Crippen LogP contribution in [0.4, 0.5) is 0 Å².